The van der Waals surface area contributed by atoms with Crippen molar-refractivity contribution >= 4 is 29.5 Å². The Morgan fingerprint density at radius 3 is 2.68 bits per heavy atom. The minimum atomic E-state index is -0.993. The first kappa shape index (κ1) is 18.6. The quantitative estimate of drug-likeness (QED) is 0.541. The highest BCUT2D eigenvalue weighted by atomic mass is 35.5. The third-order valence-electron chi connectivity index (χ3n) is 3.14. The molecule has 2 aromatic rings. The maximum absolute atomic E-state index is 11.0. The van der Waals surface area contributed by atoms with Crippen LogP contribution < -0.4 is 14.9 Å². The lowest BCUT2D eigenvalue weighted by Crippen LogP contribution is -2.01. The van der Waals surface area contributed by atoms with Crippen molar-refractivity contribution in [1.82, 2.24) is 0 Å². The van der Waals surface area contributed by atoms with Gasteiger partial charge < -0.3 is 14.6 Å². The molecule has 0 aliphatic rings. The first-order chi connectivity index (χ1) is 12.0. The van der Waals surface area contributed by atoms with Crippen molar-refractivity contribution < 1.29 is 19.4 Å². The van der Waals surface area contributed by atoms with Crippen molar-refractivity contribution in [2.75, 3.05) is 18.6 Å². The Hall–Kier alpha value is -2.73. The average Bonchev–Trinajstić information content (AvgIpc) is 2.58. The minimum absolute atomic E-state index is 0.183. The van der Waals surface area contributed by atoms with E-state index in [1.165, 1.54) is 12.1 Å². The van der Waals surface area contributed by atoms with Crippen LogP contribution in [-0.4, -0.2) is 30.5 Å². The van der Waals surface area contributed by atoms with Gasteiger partial charge in [-0.15, -0.1) is 0 Å². The Balaban J connectivity index is 2.17. The average molecular weight is 363 g/mol. The molecular formula is C18H19ClN2O4. The van der Waals surface area contributed by atoms with E-state index in [2.05, 4.69) is 10.5 Å². The molecule has 0 aliphatic heterocycles. The van der Waals surface area contributed by atoms with Gasteiger partial charge in [0.1, 0.15) is 0 Å². The van der Waals surface area contributed by atoms with Gasteiger partial charge in [-0.3, -0.25) is 5.43 Å². The summed E-state index contributed by atoms with van der Waals surface area (Å²) >= 11 is 6.25. The van der Waals surface area contributed by atoms with E-state index in [0.717, 1.165) is 5.56 Å². The summed E-state index contributed by atoms with van der Waals surface area (Å²) in [5, 5.41) is 13.5. The highest BCUT2D eigenvalue weighted by Crippen LogP contribution is 2.36. The Morgan fingerprint density at radius 2 is 2.00 bits per heavy atom. The summed E-state index contributed by atoms with van der Waals surface area (Å²) < 4.78 is 11.1. The van der Waals surface area contributed by atoms with Gasteiger partial charge in [-0.25, -0.2) is 4.79 Å². The number of anilines is 1. The molecule has 0 unspecified atom stereocenters. The number of benzene rings is 2. The van der Waals surface area contributed by atoms with Crippen molar-refractivity contribution in [3.05, 3.63) is 52.5 Å². The molecule has 2 N–H and O–H groups in total. The van der Waals surface area contributed by atoms with Crippen molar-refractivity contribution in [3.63, 3.8) is 0 Å². The van der Waals surface area contributed by atoms with Crippen LogP contribution in [0.4, 0.5) is 5.69 Å². The van der Waals surface area contributed by atoms with Crippen LogP contribution in [0.15, 0.2) is 41.5 Å². The number of nitrogens with zero attached hydrogens (tertiary/aromatic N) is 1. The Labute approximate surface area is 151 Å². The molecule has 0 aliphatic carbocycles. The number of aromatic carboxylic acids is 1. The fourth-order valence-corrected chi connectivity index (χ4v) is 2.39. The Morgan fingerprint density at radius 1 is 1.24 bits per heavy atom. The van der Waals surface area contributed by atoms with E-state index < -0.39 is 5.97 Å². The lowest BCUT2D eigenvalue weighted by molar-refractivity contribution is 0.0697. The van der Waals surface area contributed by atoms with E-state index in [1.807, 2.05) is 13.8 Å². The second kappa shape index (κ2) is 8.94. The van der Waals surface area contributed by atoms with Crippen LogP contribution in [0.2, 0.25) is 5.02 Å². The monoisotopic (exact) mass is 362 g/mol. The molecule has 0 aromatic heterocycles. The summed E-state index contributed by atoms with van der Waals surface area (Å²) in [6.45, 7) is 4.71. The van der Waals surface area contributed by atoms with Gasteiger partial charge in [-0.2, -0.15) is 5.10 Å². The topological polar surface area (TPSA) is 80.2 Å². The van der Waals surface area contributed by atoms with E-state index in [1.54, 1.807) is 30.5 Å². The molecule has 0 radical (unpaired) electrons. The minimum Gasteiger partial charge on any atom is -0.490 e. The maximum atomic E-state index is 11.0. The van der Waals surface area contributed by atoms with Crippen molar-refractivity contribution in [2.24, 2.45) is 5.10 Å². The predicted molar refractivity (Wildman–Crippen MR) is 98.4 cm³/mol. The normalized spacial score (nSPS) is 10.7. The summed E-state index contributed by atoms with van der Waals surface area (Å²) in [7, 11) is 0. The van der Waals surface area contributed by atoms with Gasteiger partial charge in [0.2, 0.25) is 0 Å². The van der Waals surface area contributed by atoms with Gasteiger partial charge in [0.25, 0.3) is 0 Å². The molecule has 0 saturated heterocycles. The van der Waals surface area contributed by atoms with E-state index in [4.69, 9.17) is 26.2 Å². The molecule has 0 heterocycles. The summed E-state index contributed by atoms with van der Waals surface area (Å²) in [6, 6.07) is 9.87. The zero-order chi connectivity index (χ0) is 18.2. The SMILES string of the molecule is CCOc1cc(/C=N/Nc2cccc(C(=O)O)c2)cc(Cl)c1OCC. The smallest absolute Gasteiger partial charge is 0.335 e. The van der Waals surface area contributed by atoms with E-state index in [9.17, 15) is 4.79 Å². The summed E-state index contributed by atoms with van der Waals surface area (Å²) in [5.74, 6) is 0.0590. The lowest BCUT2D eigenvalue weighted by atomic mass is 10.2. The fraction of sp³-hybridized carbons (Fsp3) is 0.222. The number of carbonyl (C=O) groups is 1. The molecule has 0 atom stereocenters. The Kier molecular flexibility index (Phi) is 6.65. The molecule has 7 heteroatoms. The number of nitrogens with one attached hydrogen (secondary N) is 1. The highest BCUT2D eigenvalue weighted by molar-refractivity contribution is 6.32. The molecule has 0 fully saturated rings. The van der Waals surface area contributed by atoms with Gasteiger partial charge in [0.05, 0.1) is 35.7 Å². The van der Waals surface area contributed by atoms with E-state index >= 15 is 0 Å². The molecule has 0 amide bonds. The number of carboxylic acids is 1. The molecule has 2 aromatic carbocycles. The maximum Gasteiger partial charge on any atom is 0.335 e. The second-order valence-electron chi connectivity index (χ2n) is 4.95. The zero-order valence-corrected chi connectivity index (χ0v) is 14.7. The largest absolute Gasteiger partial charge is 0.490 e. The van der Waals surface area contributed by atoms with Crippen LogP contribution in [0.5, 0.6) is 11.5 Å². The molecule has 0 spiro atoms. The van der Waals surface area contributed by atoms with Crippen molar-refractivity contribution in [3.8, 4) is 11.5 Å². The molecule has 0 saturated carbocycles. The van der Waals surface area contributed by atoms with Crippen LogP contribution in [0.3, 0.4) is 0 Å². The van der Waals surface area contributed by atoms with Crippen LogP contribution in [0.25, 0.3) is 0 Å². The van der Waals surface area contributed by atoms with Crippen LogP contribution in [0, 0.1) is 0 Å². The first-order valence-electron chi connectivity index (χ1n) is 7.76. The third-order valence-corrected chi connectivity index (χ3v) is 3.42. The van der Waals surface area contributed by atoms with Gasteiger partial charge in [-0.1, -0.05) is 17.7 Å². The molecule has 0 bridgehead atoms. The number of carboxylic acid groups (broad SMARTS) is 1. The Bertz CT molecular complexity index is 778. The first-order valence-corrected chi connectivity index (χ1v) is 8.14. The summed E-state index contributed by atoms with van der Waals surface area (Å²) in [4.78, 5) is 11.0. The lowest BCUT2D eigenvalue weighted by Gasteiger charge is -2.13. The fourth-order valence-electron chi connectivity index (χ4n) is 2.11. The number of hydrogen-bond acceptors (Lipinski definition) is 5. The number of ether oxygens (including phenoxy) is 2. The van der Waals surface area contributed by atoms with Crippen LogP contribution in [-0.2, 0) is 0 Å². The zero-order valence-electron chi connectivity index (χ0n) is 14.0. The van der Waals surface area contributed by atoms with E-state index in [0.29, 0.717) is 35.4 Å². The molecular weight excluding hydrogens is 344 g/mol. The number of hydrogen-bond donors (Lipinski definition) is 2. The van der Waals surface area contributed by atoms with Crippen LogP contribution in [0.1, 0.15) is 29.8 Å². The molecule has 6 nitrogen and oxygen atoms in total. The standard InChI is InChI=1S/C18H19ClN2O4/c1-3-24-16-9-12(8-15(19)17(16)25-4-2)11-20-21-14-7-5-6-13(10-14)18(22)23/h5-11,21H,3-4H2,1-2H3,(H,22,23)/b20-11+. The number of hydrazone groups is 1. The number of rotatable bonds is 8. The third kappa shape index (κ3) is 5.12. The van der Waals surface area contributed by atoms with Gasteiger partial charge in [0, 0.05) is 0 Å². The van der Waals surface area contributed by atoms with Gasteiger partial charge in [-0.05, 0) is 49.7 Å². The van der Waals surface area contributed by atoms with Crippen molar-refractivity contribution in [2.45, 2.75) is 13.8 Å². The van der Waals surface area contributed by atoms with Gasteiger partial charge in [0.15, 0.2) is 11.5 Å². The molecule has 2 rings (SSSR count). The summed E-state index contributed by atoms with van der Waals surface area (Å²) in [5.41, 5.74) is 4.26. The second-order valence-corrected chi connectivity index (χ2v) is 5.36. The van der Waals surface area contributed by atoms with Crippen molar-refractivity contribution in [1.29, 1.82) is 0 Å². The van der Waals surface area contributed by atoms with Crippen LogP contribution >= 0.6 is 11.6 Å². The number of halogens is 1. The van der Waals surface area contributed by atoms with E-state index in [-0.39, 0.29) is 5.56 Å². The molecule has 132 valence electrons. The highest BCUT2D eigenvalue weighted by Gasteiger charge is 2.11. The summed E-state index contributed by atoms with van der Waals surface area (Å²) in [6.07, 6.45) is 1.57. The molecule has 25 heavy (non-hydrogen) atoms. The van der Waals surface area contributed by atoms with Gasteiger partial charge >= 0.3 is 5.97 Å². The predicted octanol–water partition coefficient (Wildman–Crippen LogP) is 4.28.